The average molecular weight is 291 g/mol. The Morgan fingerprint density at radius 3 is 2.35 bits per heavy atom. The molecule has 2 aromatic rings. The van der Waals surface area contributed by atoms with Gasteiger partial charge in [-0.15, -0.1) is 11.3 Å². The number of hydrogen-bond acceptors (Lipinski definition) is 2. The number of hydrogen-bond donors (Lipinski definition) is 1. The van der Waals surface area contributed by atoms with Crippen LogP contribution in [0.3, 0.4) is 0 Å². The zero-order valence-electron chi connectivity index (χ0n) is 12.8. The summed E-state index contributed by atoms with van der Waals surface area (Å²) >= 11 is 1.82. The largest absolute Gasteiger partial charge is 0.309 e. The molecule has 3 heteroatoms. The Labute approximate surface area is 124 Å². The molecule has 0 radical (unpaired) electrons. The van der Waals surface area contributed by atoms with Crippen LogP contribution in [0.4, 0.5) is 4.39 Å². The molecule has 0 bridgehead atoms. The maximum Gasteiger partial charge on any atom is 0.123 e. The van der Waals surface area contributed by atoms with Crippen molar-refractivity contribution < 1.29 is 4.39 Å². The summed E-state index contributed by atoms with van der Waals surface area (Å²) in [6.07, 6.45) is 0. The van der Waals surface area contributed by atoms with E-state index >= 15 is 0 Å². The molecular weight excluding hydrogens is 269 g/mol. The van der Waals surface area contributed by atoms with Crippen LogP contribution >= 0.6 is 11.3 Å². The van der Waals surface area contributed by atoms with E-state index < -0.39 is 0 Å². The zero-order valence-corrected chi connectivity index (χ0v) is 13.6. The topological polar surface area (TPSA) is 12.0 Å². The quantitative estimate of drug-likeness (QED) is 0.856. The summed E-state index contributed by atoms with van der Waals surface area (Å²) in [5.74, 6) is -0.178. The molecule has 1 N–H and O–H groups in total. The van der Waals surface area contributed by atoms with Crippen molar-refractivity contribution >= 4 is 11.3 Å². The van der Waals surface area contributed by atoms with Crippen LogP contribution in [-0.2, 0) is 5.41 Å². The molecule has 0 saturated heterocycles. The highest BCUT2D eigenvalue weighted by molar-refractivity contribution is 7.12. The van der Waals surface area contributed by atoms with Crippen LogP contribution in [0.15, 0.2) is 30.3 Å². The van der Waals surface area contributed by atoms with Gasteiger partial charge in [-0.3, -0.25) is 0 Å². The number of aryl methyl sites for hydroxylation is 1. The lowest BCUT2D eigenvalue weighted by Gasteiger charge is -2.19. The van der Waals surface area contributed by atoms with Gasteiger partial charge in [0.1, 0.15) is 5.82 Å². The SMILES string of the molecule is CNC(c1ccc(C(C)(C)C)s1)c1ccc(F)cc1C. The first-order chi connectivity index (χ1) is 9.32. The average Bonchev–Trinajstić information content (AvgIpc) is 2.82. The third-order valence-corrected chi connectivity index (χ3v) is 5.06. The van der Waals surface area contributed by atoms with E-state index in [4.69, 9.17) is 0 Å². The maximum atomic E-state index is 13.3. The molecule has 0 saturated carbocycles. The van der Waals surface area contributed by atoms with E-state index in [1.165, 1.54) is 15.8 Å². The molecule has 0 amide bonds. The zero-order chi connectivity index (χ0) is 14.9. The van der Waals surface area contributed by atoms with E-state index in [-0.39, 0.29) is 17.3 Å². The molecule has 1 unspecified atom stereocenters. The third-order valence-electron chi connectivity index (χ3n) is 3.48. The Morgan fingerprint density at radius 1 is 1.15 bits per heavy atom. The molecule has 20 heavy (non-hydrogen) atoms. The summed E-state index contributed by atoms with van der Waals surface area (Å²) in [6, 6.07) is 9.50. The second kappa shape index (κ2) is 5.66. The monoisotopic (exact) mass is 291 g/mol. The smallest absolute Gasteiger partial charge is 0.123 e. The van der Waals surface area contributed by atoms with Crippen molar-refractivity contribution in [2.24, 2.45) is 0 Å². The van der Waals surface area contributed by atoms with Crippen molar-refractivity contribution in [1.82, 2.24) is 5.32 Å². The predicted octanol–water partition coefficient (Wildman–Crippen LogP) is 4.80. The fourth-order valence-corrected chi connectivity index (χ4v) is 3.52. The minimum absolute atomic E-state index is 0.122. The normalized spacial score (nSPS) is 13.5. The molecule has 0 aliphatic heterocycles. The van der Waals surface area contributed by atoms with Crippen LogP contribution in [0.25, 0.3) is 0 Å². The van der Waals surface area contributed by atoms with E-state index in [1.54, 1.807) is 6.07 Å². The van der Waals surface area contributed by atoms with Gasteiger partial charge in [-0.25, -0.2) is 4.39 Å². The highest BCUT2D eigenvalue weighted by Crippen LogP contribution is 2.35. The van der Waals surface area contributed by atoms with Gasteiger partial charge < -0.3 is 5.32 Å². The van der Waals surface area contributed by atoms with Gasteiger partial charge in [-0.05, 0) is 54.8 Å². The van der Waals surface area contributed by atoms with Gasteiger partial charge in [0.05, 0.1) is 6.04 Å². The van der Waals surface area contributed by atoms with Gasteiger partial charge in [-0.1, -0.05) is 26.8 Å². The van der Waals surface area contributed by atoms with Crippen LogP contribution in [0, 0.1) is 12.7 Å². The van der Waals surface area contributed by atoms with E-state index in [1.807, 2.05) is 31.4 Å². The Balaban J connectivity index is 2.40. The summed E-state index contributed by atoms with van der Waals surface area (Å²) in [5.41, 5.74) is 2.28. The van der Waals surface area contributed by atoms with Gasteiger partial charge in [0.15, 0.2) is 0 Å². The van der Waals surface area contributed by atoms with Crippen molar-refractivity contribution in [3.8, 4) is 0 Å². The van der Waals surface area contributed by atoms with Gasteiger partial charge in [0.25, 0.3) is 0 Å². The van der Waals surface area contributed by atoms with Crippen LogP contribution in [0.2, 0.25) is 0 Å². The molecule has 1 nitrogen and oxygen atoms in total. The van der Waals surface area contributed by atoms with Gasteiger partial charge >= 0.3 is 0 Å². The first-order valence-corrected chi connectivity index (χ1v) is 7.68. The van der Waals surface area contributed by atoms with Crippen molar-refractivity contribution in [3.05, 3.63) is 57.0 Å². The molecule has 0 spiro atoms. The Hall–Kier alpha value is -1.19. The minimum Gasteiger partial charge on any atom is -0.309 e. The number of halogens is 1. The lowest BCUT2D eigenvalue weighted by molar-refractivity contribution is 0.604. The maximum absolute atomic E-state index is 13.3. The van der Waals surface area contributed by atoms with E-state index in [0.29, 0.717) is 0 Å². The lowest BCUT2D eigenvalue weighted by Crippen LogP contribution is -2.17. The molecule has 1 aromatic heterocycles. The van der Waals surface area contributed by atoms with Gasteiger partial charge in [0.2, 0.25) is 0 Å². The molecule has 1 aromatic carbocycles. The van der Waals surface area contributed by atoms with E-state index in [2.05, 4.69) is 38.2 Å². The summed E-state index contributed by atoms with van der Waals surface area (Å²) in [6.45, 7) is 8.63. The Bertz CT molecular complexity index is 595. The second-order valence-electron chi connectivity index (χ2n) is 6.17. The second-order valence-corrected chi connectivity index (χ2v) is 7.29. The lowest BCUT2D eigenvalue weighted by atomic mass is 9.95. The molecule has 108 valence electrons. The van der Waals surface area contributed by atoms with Crippen LogP contribution in [0.5, 0.6) is 0 Å². The first-order valence-electron chi connectivity index (χ1n) is 6.86. The predicted molar refractivity (Wildman–Crippen MR) is 85.1 cm³/mol. The van der Waals surface area contributed by atoms with E-state index in [0.717, 1.165) is 11.1 Å². The molecule has 1 heterocycles. The highest BCUT2D eigenvalue weighted by atomic mass is 32.1. The minimum atomic E-state index is -0.178. The fraction of sp³-hybridized carbons (Fsp3) is 0.412. The molecule has 0 aliphatic carbocycles. The van der Waals surface area contributed by atoms with Crippen molar-refractivity contribution in [2.45, 2.75) is 39.2 Å². The van der Waals surface area contributed by atoms with Crippen molar-refractivity contribution in [1.29, 1.82) is 0 Å². The van der Waals surface area contributed by atoms with Gasteiger partial charge in [-0.2, -0.15) is 0 Å². The van der Waals surface area contributed by atoms with Gasteiger partial charge in [0, 0.05) is 9.75 Å². The van der Waals surface area contributed by atoms with Crippen LogP contribution in [-0.4, -0.2) is 7.05 Å². The molecular formula is C17H22FNS. The molecule has 2 rings (SSSR count). The number of rotatable bonds is 3. The van der Waals surface area contributed by atoms with Crippen LogP contribution < -0.4 is 5.32 Å². The summed E-state index contributed by atoms with van der Waals surface area (Å²) in [4.78, 5) is 2.64. The summed E-state index contributed by atoms with van der Waals surface area (Å²) in [5, 5.41) is 3.35. The van der Waals surface area contributed by atoms with Crippen molar-refractivity contribution in [3.63, 3.8) is 0 Å². The Morgan fingerprint density at radius 2 is 1.85 bits per heavy atom. The number of thiophene rings is 1. The van der Waals surface area contributed by atoms with Crippen LogP contribution in [0.1, 0.15) is 47.7 Å². The fourth-order valence-electron chi connectivity index (χ4n) is 2.33. The Kier molecular flexibility index (Phi) is 4.31. The molecule has 0 fully saturated rings. The standard InChI is InChI=1S/C17H22FNS/c1-11-10-12(18)6-7-13(11)16(19-5)14-8-9-15(20-14)17(2,3)4/h6-10,16,19H,1-5H3. The van der Waals surface area contributed by atoms with Crippen molar-refractivity contribution in [2.75, 3.05) is 7.05 Å². The molecule has 1 atom stereocenters. The number of benzene rings is 1. The van der Waals surface area contributed by atoms with E-state index in [9.17, 15) is 4.39 Å². The highest BCUT2D eigenvalue weighted by Gasteiger charge is 2.21. The summed E-state index contributed by atoms with van der Waals surface area (Å²) < 4.78 is 13.3. The molecule has 0 aliphatic rings. The third kappa shape index (κ3) is 3.10. The first kappa shape index (κ1) is 15.2. The summed E-state index contributed by atoms with van der Waals surface area (Å²) in [7, 11) is 1.95. The number of nitrogens with one attached hydrogen (secondary N) is 1.